The summed E-state index contributed by atoms with van der Waals surface area (Å²) in [4.78, 5) is 17.5. The average Bonchev–Trinajstić information content (AvgIpc) is 3.21. The molecular formula is C23H22N4O2S. The number of hydrogen-bond donors (Lipinski definition) is 1. The highest BCUT2D eigenvalue weighted by molar-refractivity contribution is 7.14. The first-order valence-electron chi connectivity index (χ1n) is 9.88. The third-order valence-electron chi connectivity index (χ3n) is 4.90. The predicted octanol–water partition coefficient (Wildman–Crippen LogP) is 4.95. The molecule has 0 aliphatic heterocycles. The van der Waals surface area contributed by atoms with Crippen LogP contribution in [0.25, 0.3) is 16.5 Å². The largest absolute Gasteiger partial charge is 0.494 e. The van der Waals surface area contributed by atoms with Gasteiger partial charge in [-0.15, -0.1) is 10.2 Å². The monoisotopic (exact) mass is 418 g/mol. The lowest BCUT2D eigenvalue weighted by molar-refractivity contribution is 0.436. The van der Waals surface area contributed by atoms with Gasteiger partial charge in [-0.25, -0.2) is 9.56 Å². The zero-order valence-electron chi connectivity index (χ0n) is 16.9. The molecule has 4 rings (SSSR count). The quantitative estimate of drug-likeness (QED) is 0.449. The third-order valence-corrected chi connectivity index (χ3v) is 5.79. The molecular weight excluding hydrogens is 396 g/mol. The number of aliphatic imine (C=N–C) groups is 1. The molecule has 0 radical (unpaired) electrons. The SMILES string of the molecule is CCCCc1nnc(N=Cc2c(O)n(-c3ccc(C)cc3)c(=O)c3ccccc23)s1. The van der Waals surface area contributed by atoms with Crippen molar-refractivity contribution in [3.8, 4) is 11.6 Å². The minimum Gasteiger partial charge on any atom is -0.494 e. The van der Waals surface area contributed by atoms with Crippen LogP contribution >= 0.6 is 11.3 Å². The van der Waals surface area contributed by atoms with Crippen LogP contribution in [0.3, 0.4) is 0 Å². The Morgan fingerprint density at radius 1 is 1.10 bits per heavy atom. The van der Waals surface area contributed by atoms with Gasteiger partial charge in [-0.05, 0) is 31.5 Å². The summed E-state index contributed by atoms with van der Waals surface area (Å²) in [6.45, 7) is 4.11. The molecule has 2 aromatic heterocycles. The number of rotatable bonds is 6. The van der Waals surface area contributed by atoms with Crippen LogP contribution in [-0.2, 0) is 6.42 Å². The van der Waals surface area contributed by atoms with Gasteiger partial charge in [0.2, 0.25) is 11.0 Å². The van der Waals surface area contributed by atoms with Crippen LogP contribution in [0, 0.1) is 6.92 Å². The Kier molecular flexibility index (Phi) is 5.72. The number of benzene rings is 2. The van der Waals surface area contributed by atoms with Gasteiger partial charge in [-0.3, -0.25) is 4.79 Å². The molecule has 0 saturated heterocycles. The maximum absolute atomic E-state index is 13.1. The molecule has 0 amide bonds. The Hall–Kier alpha value is -3.32. The number of aryl methyl sites for hydroxylation is 2. The van der Waals surface area contributed by atoms with Gasteiger partial charge < -0.3 is 5.11 Å². The van der Waals surface area contributed by atoms with E-state index in [1.54, 1.807) is 12.3 Å². The molecule has 30 heavy (non-hydrogen) atoms. The van der Waals surface area contributed by atoms with Gasteiger partial charge in [0.15, 0.2) is 0 Å². The normalized spacial score (nSPS) is 11.5. The number of hydrogen-bond acceptors (Lipinski definition) is 6. The molecule has 4 aromatic rings. The van der Waals surface area contributed by atoms with Crippen LogP contribution in [0.2, 0.25) is 0 Å². The summed E-state index contributed by atoms with van der Waals surface area (Å²) in [6, 6.07) is 14.7. The Bertz CT molecular complexity index is 1270. The van der Waals surface area contributed by atoms with Crippen molar-refractivity contribution in [2.45, 2.75) is 33.1 Å². The number of unbranched alkanes of at least 4 members (excludes halogenated alkanes) is 1. The second-order valence-corrected chi connectivity index (χ2v) is 8.14. The molecule has 0 fully saturated rings. The molecule has 0 unspecified atom stereocenters. The van der Waals surface area contributed by atoms with E-state index in [2.05, 4.69) is 22.1 Å². The molecule has 2 heterocycles. The summed E-state index contributed by atoms with van der Waals surface area (Å²) < 4.78 is 1.32. The second-order valence-electron chi connectivity index (χ2n) is 7.10. The minimum absolute atomic E-state index is 0.151. The number of fused-ring (bicyclic) bond motifs is 1. The summed E-state index contributed by atoms with van der Waals surface area (Å²) in [5.74, 6) is -0.151. The highest BCUT2D eigenvalue weighted by atomic mass is 32.1. The van der Waals surface area contributed by atoms with Gasteiger partial charge in [-0.1, -0.05) is 60.6 Å². The molecule has 0 aliphatic carbocycles. The van der Waals surface area contributed by atoms with Crippen LogP contribution in [0.15, 0.2) is 58.3 Å². The molecule has 0 spiro atoms. The van der Waals surface area contributed by atoms with Gasteiger partial charge in [-0.2, -0.15) is 0 Å². The fourth-order valence-electron chi connectivity index (χ4n) is 3.27. The fourth-order valence-corrected chi connectivity index (χ4v) is 3.99. The van der Waals surface area contributed by atoms with E-state index in [0.29, 0.717) is 27.2 Å². The van der Waals surface area contributed by atoms with E-state index in [9.17, 15) is 9.90 Å². The van der Waals surface area contributed by atoms with Crippen LogP contribution in [-0.4, -0.2) is 26.1 Å². The van der Waals surface area contributed by atoms with Crippen LogP contribution in [0.5, 0.6) is 5.88 Å². The van der Waals surface area contributed by atoms with E-state index >= 15 is 0 Å². The first-order chi connectivity index (χ1) is 14.6. The van der Waals surface area contributed by atoms with Gasteiger partial charge in [0.05, 0.1) is 11.3 Å². The first kappa shape index (κ1) is 20.0. The lowest BCUT2D eigenvalue weighted by Crippen LogP contribution is -2.20. The van der Waals surface area contributed by atoms with Gasteiger partial charge >= 0.3 is 0 Å². The number of nitrogens with zero attached hydrogens (tertiary/aromatic N) is 4. The topological polar surface area (TPSA) is 80.4 Å². The van der Waals surface area contributed by atoms with Crippen LogP contribution in [0.4, 0.5) is 5.13 Å². The molecule has 1 N–H and O–H groups in total. The number of aromatic nitrogens is 3. The molecule has 0 bridgehead atoms. The van der Waals surface area contributed by atoms with Crippen LogP contribution < -0.4 is 5.56 Å². The Morgan fingerprint density at radius 3 is 2.57 bits per heavy atom. The first-order valence-corrected chi connectivity index (χ1v) is 10.7. The Balaban J connectivity index is 1.83. The summed E-state index contributed by atoms with van der Waals surface area (Å²) in [5, 5.41) is 22.0. The van der Waals surface area contributed by atoms with Gasteiger partial charge in [0.25, 0.3) is 5.56 Å². The summed E-state index contributed by atoms with van der Waals surface area (Å²) in [7, 11) is 0. The average molecular weight is 419 g/mol. The zero-order valence-corrected chi connectivity index (χ0v) is 17.7. The van der Waals surface area contributed by atoms with Crippen LogP contribution in [0.1, 0.15) is 35.9 Å². The van der Waals surface area contributed by atoms with E-state index < -0.39 is 0 Å². The van der Waals surface area contributed by atoms with E-state index in [-0.39, 0.29) is 11.4 Å². The number of pyridine rings is 1. The van der Waals surface area contributed by atoms with E-state index in [1.807, 2.05) is 49.4 Å². The van der Waals surface area contributed by atoms with Crippen molar-refractivity contribution in [1.29, 1.82) is 0 Å². The summed E-state index contributed by atoms with van der Waals surface area (Å²) in [6.07, 6.45) is 4.60. The van der Waals surface area contributed by atoms with Crippen molar-refractivity contribution in [2.24, 2.45) is 4.99 Å². The van der Waals surface area contributed by atoms with Crippen molar-refractivity contribution < 1.29 is 5.11 Å². The van der Waals surface area contributed by atoms with Gasteiger partial charge in [0, 0.05) is 23.4 Å². The fraction of sp³-hybridized carbons (Fsp3) is 0.217. The maximum atomic E-state index is 13.1. The molecule has 6 nitrogen and oxygen atoms in total. The molecule has 0 saturated carbocycles. The summed E-state index contributed by atoms with van der Waals surface area (Å²) >= 11 is 1.44. The molecule has 0 atom stereocenters. The highest BCUT2D eigenvalue weighted by Crippen LogP contribution is 2.27. The highest BCUT2D eigenvalue weighted by Gasteiger charge is 2.16. The smallest absolute Gasteiger partial charge is 0.265 e. The lowest BCUT2D eigenvalue weighted by Gasteiger charge is -2.13. The second kappa shape index (κ2) is 8.59. The molecule has 152 valence electrons. The van der Waals surface area contributed by atoms with Crippen molar-refractivity contribution in [3.63, 3.8) is 0 Å². The van der Waals surface area contributed by atoms with Crippen molar-refractivity contribution in [1.82, 2.24) is 14.8 Å². The van der Waals surface area contributed by atoms with Crippen molar-refractivity contribution in [2.75, 3.05) is 0 Å². The Morgan fingerprint density at radius 2 is 1.83 bits per heavy atom. The zero-order chi connectivity index (χ0) is 21.1. The van der Waals surface area contributed by atoms with E-state index in [1.165, 1.54) is 15.9 Å². The summed E-state index contributed by atoms with van der Waals surface area (Å²) in [5.41, 5.74) is 1.86. The standard InChI is InChI=1S/C23H22N4O2S/c1-3-4-9-20-25-26-23(30-20)24-14-19-17-7-5-6-8-18(17)21(28)27(22(19)29)16-12-10-15(2)11-13-16/h5-8,10-14,29H,3-4,9H2,1-2H3. The van der Waals surface area contributed by atoms with Crippen molar-refractivity contribution in [3.05, 3.63) is 75.0 Å². The molecule has 7 heteroatoms. The van der Waals surface area contributed by atoms with Crippen molar-refractivity contribution >= 4 is 33.5 Å². The lowest BCUT2D eigenvalue weighted by atomic mass is 10.1. The minimum atomic E-state index is -0.276. The Labute approximate surface area is 178 Å². The molecule has 0 aliphatic rings. The predicted molar refractivity (Wildman–Crippen MR) is 122 cm³/mol. The van der Waals surface area contributed by atoms with Gasteiger partial charge in [0.1, 0.15) is 5.01 Å². The van der Waals surface area contributed by atoms with E-state index in [0.717, 1.165) is 29.8 Å². The van der Waals surface area contributed by atoms with E-state index in [4.69, 9.17) is 0 Å². The third kappa shape index (κ3) is 3.89. The maximum Gasteiger partial charge on any atom is 0.265 e. The molecule has 2 aromatic carbocycles. The number of aromatic hydroxyl groups is 1.